The first-order valence-corrected chi connectivity index (χ1v) is 7.39. The van der Waals surface area contributed by atoms with Gasteiger partial charge in [-0.3, -0.25) is 0 Å². The molecule has 3 heteroatoms. The van der Waals surface area contributed by atoms with Gasteiger partial charge in [-0.15, -0.1) is 0 Å². The van der Waals surface area contributed by atoms with E-state index in [-0.39, 0.29) is 18.7 Å². The first kappa shape index (κ1) is 15.5. The lowest BCUT2D eigenvalue weighted by Crippen LogP contribution is -2.27. The minimum Gasteiger partial charge on any atom is -0.494 e. The Morgan fingerprint density at radius 1 is 1.05 bits per heavy atom. The zero-order chi connectivity index (χ0) is 15.1. The van der Waals surface area contributed by atoms with Crippen molar-refractivity contribution in [3.05, 3.63) is 65.7 Å². The van der Waals surface area contributed by atoms with Crippen molar-refractivity contribution in [2.45, 2.75) is 25.9 Å². The first-order valence-electron chi connectivity index (χ1n) is 7.39. The highest BCUT2D eigenvalue weighted by molar-refractivity contribution is 5.30. The molecule has 0 aliphatic heterocycles. The molecule has 0 amide bonds. The van der Waals surface area contributed by atoms with Crippen LogP contribution in [-0.2, 0) is 0 Å². The van der Waals surface area contributed by atoms with Gasteiger partial charge in [0.05, 0.1) is 19.3 Å². The summed E-state index contributed by atoms with van der Waals surface area (Å²) in [6, 6.07) is 18.1. The van der Waals surface area contributed by atoms with Crippen LogP contribution in [-0.4, -0.2) is 18.3 Å². The summed E-state index contributed by atoms with van der Waals surface area (Å²) in [6.07, 6.45) is 0. The summed E-state index contributed by atoms with van der Waals surface area (Å²) < 4.78 is 5.54. The van der Waals surface area contributed by atoms with Crippen molar-refractivity contribution in [1.29, 1.82) is 0 Å². The lowest BCUT2D eigenvalue weighted by Gasteiger charge is -2.23. The number of ether oxygens (including phenoxy) is 1. The number of benzene rings is 2. The Hall–Kier alpha value is -1.84. The number of nitrogens with one attached hydrogen (secondary N) is 1. The Bertz CT molecular complexity index is 542. The van der Waals surface area contributed by atoms with Crippen LogP contribution in [0.25, 0.3) is 0 Å². The van der Waals surface area contributed by atoms with Gasteiger partial charge >= 0.3 is 0 Å². The Balaban J connectivity index is 2.09. The van der Waals surface area contributed by atoms with E-state index in [1.54, 1.807) is 0 Å². The number of rotatable bonds is 7. The number of aliphatic hydroxyl groups excluding tert-OH is 1. The molecule has 0 radical (unpaired) electrons. The summed E-state index contributed by atoms with van der Waals surface area (Å²) in [4.78, 5) is 0. The van der Waals surface area contributed by atoms with Crippen LogP contribution < -0.4 is 10.1 Å². The van der Waals surface area contributed by atoms with Crippen LogP contribution >= 0.6 is 0 Å². The van der Waals surface area contributed by atoms with Crippen molar-refractivity contribution >= 4 is 0 Å². The molecule has 0 aromatic heterocycles. The van der Waals surface area contributed by atoms with E-state index < -0.39 is 0 Å². The Morgan fingerprint density at radius 3 is 2.43 bits per heavy atom. The smallest absolute Gasteiger partial charge is 0.119 e. The summed E-state index contributed by atoms with van der Waals surface area (Å²) in [5, 5.41) is 13.1. The van der Waals surface area contributed by atoms with Crippen LogP contribution in [0.1, 0.15) is 37.1 Å². The SMILES string of the molecule is CCOc1cccc(C(C)NC(CO)c2ccccc2)c1. The Labute approximate surface area is 126 Å². The maximum atomic E-state index is 9.63. The fourth-order valence-corrected chi connectivity index (χ4v) is 2.38. The lowest BCUT2D eigenvalue weighted by atomic mass is 10.0. The van der Waals surface area contributed by atoms with E-state index in [1.165, 1.54) is 0 Å². The minimum atomic E-state index is -0.0723. The van der Waals surface area contributed by atoms with Crippen molar-refractivity contribution in [2.75, 3.05) is 13.2 Å². The fourth-order valence-electron chi connectivity index (χ4n) is 2.38. The molecule has 2 aromatic rings. The second kappa shape index (κ2) is 7.81. The van der Waals surface area contributed by atoms with E-state index >= 15 is 0 Å². The number of hydrogen-bond acceptors (Lipinski definition) is 3. The molecule has 2 rings (SSSR count). The third-order valence-corrected chi connectivity index (χ3v) is 3.50. The van der Waals surface area contributed by atoms with E-state index in [9.17, 15) is 5.11 Å². The predicted octanol–water partition coefficient (Wildman–Crippen LogP) is 3.47. The molecule has 0 aliphatic rings. The fraction of sp³-hybridized carbons (Fsp3) is 0.333. The van der Waals surface area contributed by atoms with E-state index in [0.29, 0.717) is 6.61 Å². The first-order chi connectivity index (χ1) is 10.2. The summed E-state index contributed by atoms with van der Waals surface area (Å²) in [5.41, 5.74) is 2.24. The van der Waals surface area contributed by atoms with Crippen molar-refractivity contribution in [3.63, 3.8) is 0 Å². The van der Waals surface area contributed by atoms with Gasteiger partial charge in [0.15, 0.2) is 0 Å². The van der Waals surface area contributed by atoms with Gasteiger partial charge in [0, 0.05) is 6.04 Å². The molecule has 112 valence electrons. The topological polar surface area (TPSA) is 41.5 Å². The maximum Gasteiger partial charge on any atom is 0.119 e. The normalized spacial score (nSPS) is 13.7. The highest BCUT2D eigenvalue weighted by Gasteiger charge is 2.14. The molecule has 0 heterocycles. The highest BCUT2D eigenvalue weighted by atomic mass is 16.5. The monoisotopic (exact) mass is 285 g/mol. The Kier molecular flexibility index (Phi) is 5.78. The summed E-state index contributed by atoms with van der Waals surface area (Å²) in [7, 11) is 0. The van der Waals surface area contributed by atoms with Crippen molar-refractivity contribution in [2.24, 2.45) is 0 Å². The molecule has 0 saturated heterocycles. The number of aliphatic hydroxyl groups is 1. The molecule has 2 atom stereocenters. The molecule has 0 saturated carbocycles. The van der Waals surface area contributed by atoms with Crippen molar-refractivity contribution in [3.8, 4) is 5.75 Å². The van der Waals surface area contributed by atoms with Gasteiger partial charge in [0.2, 0.25) is 0 Å². The average Bonchev–Trinajstić information content (AvgIpc) is 2.54. The van der Waals surface area contributed by atoms with Crippen LogP contribution in [0.15, 0.2) is 54.6 Å². The van der Waals surface area contributed by atoms with E-state index in [0.717, 1.165) is 16.9 Å². The van der Waals surface area contributed by atoms with Gasteiger partial charge in [0.25, 0.3) is 0 Å². The third-order valence-electron chi connectivity index (χ3n) is 3.50. The van der Waals surface area contributed by atoms with Crippen molar-refractivity contribution < 1.29 is 9.84 Å². The molecule has 0 fully saturated rings. The summed E-state index contributed by atoms with van der Waals surface area (Å²) >= 11 is 0. The van der Waals surface area contributed by atoms with Gasteiger partial charge in [-0.1, -0.05) is 42.5 Å². The Morgan fingerprint density at radius 2 is 1.76 bits per heavy atom. The lowest BCUT2D eigenvalue weighted by molar-refractivity contribution is 0.235. The maximum absolute atomic E-state index is 9.63. The van der Waals surface area contributed by atoms with E-state index in [2.05, 4.69) is 18.3 Å². The second-order valence-corrected chi connectivity index (χ2v) is 5.04. The third kappa shape index (κ3) is 4.31. The van der Waals surface area contributed by atoms with Gasteiger partial charge in [0.1, 0.15) is 5.75 Å². The molecular formula is C18H23NO2. The molecular weight excluding hydrogens is 262 g/mol. The predicted molar refractivity (Wildman–Crippen MR) is 85.4 cm³/mol. The molecule has 3 nitrogen and oxygen atoms in total. The van der Waals surface area contributed by atoms with Crippen LogP contribution in [0.4, 0.5) is 0 Å². The molecule has 2 N–H and O–H groups in total. The minimum absolute atomic E-state index is 0.0690. The zero-order valence-electron chi connectivity index (χ0n) is 12.6. The average molecular weight is 285 g/mol. The summed E-state index contributed by atoms with van der Waals surface area (Å²) in [5.74, 6) is 0.879. The van der Waals surface area contributed by atoms with Crippen LogP contribution in [0.3, 0.4) is 0 Å². The van der Waals surface area contributed by atoms with Gasteiger partial charge in [-0.05, 0) is 37.1 Å². The zero-order valence-corrected chi connectivity index (χ0v) is 12.6. The second-order valence-electron chi connectivity index (χ2n) is 5.04. The molecule has 21 heavy (non-hydrogen) atoms. The van der Waals surface area contributed by atoms with Crippen molar-refractivity contribution in [1.82, 2.24) is 5.32 Å². The van der Waals surface area contributed by atoms with E-state index in [4.69, 9.17) is 4.74 Å². The molecule has 0 aliphatic carbocycles. The van der Waals surface area contributed by atoms with Gasteiger partial charge < -0.3 is 15.2 Å². The quantitative estimate of drug-likeness (QED) is 0.818. The molecule has 0 bridgehead atoms. The van der Waals surface area contributed by atoms with Gasteiger partial charge in [-0.2, -0.15) is 0 Å². The molecule has 2 aromatic carbocycles. The number of hydrogen-bond donors (Lipinski definition) is 2. The van der Waals surface area contributed by atoms with Crippen LogP contribution in [0, 0.1) is 0 Å². The van der Waals surface area contributed by atoms with E-state index in [1.807, 2.05) is 55.5 Å². The summed E-state index contributed by atoms with van der Waals surface area (Å²) in [6.45, 7) is 4.80. The van der Waals surface area contributed by atoms with Crippen LogP contribution in [0.2, 0.25) is 0 Å². The highest BCUT2D eigenvalue weighted by Crippen LogP contribution is 2.22. The standard InChI is InChI=1S/C18H23NO2/c1-3-21-17-11-7-10-16(12-17)14(2)19-18(13-20)15-8-5-4-6-9-15/h4-12,14,18-20H,3,13H2,1-2H3. The van der Waals surface area contributed by atoms with Gasteiger partial charge in [-0.25, -0.2) is 0 Å². The molecule has 0 spiro atoms. The van der Waals surface area contributed by atoms with Crippen LogP contribution in [0.5, 0.6) is 5.75 Å². The largest absolute Gasteiger partial charge is 0.494 e. The molecule has 2 unspecified atom stereocenters.